The van der Waals surface area contributed by atoms with Crippen LogP contribution in [0.3, 0.4) is 0 Å². The summed E-state index contributed by atoms with van der Waals surface area (Å²) in [6.45, 7) is 7.82. The minimum absolute atomic E-state index is 0.0698. The zero-order valence-corrected chi connectivity index (χ0v) is 30.5. The van der Waals surface area contributed by atoms with Crippen LogP contribution in [0.25, 0.3) is 0 Å². The molecule has 4 atom stereocenters. The fraction of sp³-hybridized carbons (Fsp3) is 0.459. The molecule has 13 heteroatoms. The number of nitrogens with one attached hydrogen (secondary N) is 2. The topological polar surface area (TPSA) is 147 Å². The van der Waals surface area contributed by atoms with Crippen LogP contribution in [0.1, 0.15) is 56.0 Å². The quantitative estimate of drug-likeness (QED) is 0.254. The Labute approximate surface area is 295 Å². The van der Waals surface area contributed by atoms with E-state index in [0.717, 1.165) is 18.4 Å². The van der Waals surface area contributed by atoms with E-state index in [2.05, 4.69) is 10.6 Å². The number of aliphatic hydroxyl groups is 1. The van der Waals surface area contributed by atoms with E-state index < -0.39 is 34.1 Å². The molecule has 0 saturated heterocycles. The van der Waals surface area contributed by atoms with Gasteiger partial charge in [0.15, 0.2) is 0 Å². The van der Waals surface area contributed by atoms with Crippen LogP contribution in [0.5, 0.6) is 11.5 Å². The normalized spacial score (nSPS) is 19.9. The van der Waals surface area contributed by atoms with Crippen LogP contribution >= 0.6 is 0 Å². The monoisotopic (exact) mass is 710 g/mol. The molecule has 4 rings (SSSR count). The molecule has 1 heterocycles. The first kappa shape index (κ1) is 38.6. The zero-order chi connectivity index (χ0) is 36.4. The zero-order valence-electron chi connectivity index (χ0n) is 29.7. The third-order valence-corrected chi connectivity index (χ3v) is 10.7. The first-order valence-corrected chi connectivity index (χ1v) is 18.4. The summed E-state index contributed by atoms with van der Waals surface area (Å²) in [5, 5.41) is 15.8. The van der Waals surface area contributed by atoms with Gasteiger partial charge in [-0.05, 0) is 94.6 Å². The van der Waals surface area contributed by atoms with Crippen molar-refractivity contribution in [2.75, 3.05) is 51.1 Å². The van der Waals surface area contributed by atoms with Gasteiger partial charge in [-0.2, -0.15) is 4.31 Å². The second-order valence-corrected chi connectivity index (χ2v) is 15.0. The summed E-state index contributed by atoms with van der Waals surface area (Å²) >= 11 is 0. The SMILES string of the molecule is COc1ccc(NC(=O)Nc2ccc3c(c2)C(=O)N([C@@H](C)CO)C[C@@H](C)[C@@H](CN(C)S(=O)(=O)c2ccc(C)cc2)OCCCC[C@@H](C)O3)cc1. The Morgan fingerprint density at radius 3 is 2.36 bits per heavy atom. The molecule has 3 aromatic rings. The van der Waals surface area contributed by atoms with Crippen LogP contribution in [-0.2, 0) is 14.8 Å². The second kappa shape index (κ2) is 17.7. The number of fused-ring (bicyclic) bond motifs is 1. The minimum atomic E-state index is -3.80. The molecule has 0 aromatic heterocycles. The number of urea groups is 1. The van der Waals surface area contributed by atoms with E-state index in [9.17, 15) is 23.1 Å². The van der Waals surface area contributed by atoms with Gasteiger partial charge in [0.2, 0.25) is 10.0 Å². The van der Waals surface area contributed by atoms with E-state index in [0.29, 0.717) is 35.9 Å². The van der Waals surface area contributed by atoms with Crippen molar-refractivity contribution in [3.63, 3.8) is 0 Å². The maximum Gasteiger partial charge on any atom is 0.323 e. The van der Waals surface area contributed by atoms with Crippen LogP contribution < -0.4 is 20.1 Å². The summed E-state index contributed by atoms with van der Waals surface area (Å²) in [5.41, 5.74) is 2.11. The maximum atomic E-state index is 14.4. The van der Waals surface area contributed by atoms with Crippen molar-refractivity contribution >= 4 is 33.3 Å². The molecule has 0 unspecified atom stereocenters. The number of anilines is 2. The summed E-state index contributed by atoms with van der Waals surface area (Å²) in [6, 6.07) is 17.4. The molecule has 272 valence electrons. The lowest BCUT2D eigenvalue weighted by Gasteiger charge is -2.35. The lowest BCUT2D eigenvalue weighted by molar-refractivity contribution is -0.00833. The minimum Gasteiger partial charge on any atom is -0.497 e. The molecule has 12 nitrogen and oxygen atoms in total. The fourth-order valence-corrected chi connectivity index (χ4v) is 6.86. The Kier molecular flexibility index (Phi) is 13.6. The van der Waals surface area contributed by atoms with Crippen LogP contribution in [0.2, 0.25) is 0 Å². The molecule has 0 radical (unpaired) electrons. The predicted molar refractivity (Wildman–Crippen MR) is 194 cm³/mol. The number of carbonyl (C=O) groups is 2. The van der Waals surface area contributed by atoms with Gasteiger partial charge in [0.1, 0.15) is 11.5 Å². The van der Waals surface area contributed by atoms with Crippen molar-refractivity contribution in [1.82, 2.24) is 9.21 Å². The third-order valence-electron chi connectivity index (χ3n) is 8.82. The van der Waals surface area contributed by atoms with Crippen molar-refractivity contribution in [1.29, 1.82) is 0 Å². The van der Waals surface area contributed by atoms with E-state index in [4.69, 9.17) is 14.2 Å². The van der Waals surface area contributed by atoms with Crippen molar-refractivity contribution < 1.29 is 37.3 Å². The molecule has 0 aliphatic carbocycles. The first-order valence-electron chi connectivity index (χ1n) is 16.9. The average Bonchev–Trinajstić information content (AvgIpc) is 3.09. The Balaban J connectivity index is 1.61. The number of sulfonamides is 1. The van der Waals surface area contributed by atoms with Gasteiger partial charge in [-0.15, -0.1) is 0 Å². The number of amides is 3. The molecule has 50 heavy (non-hydrogen) atoms. The number of aryl methyl sites for hydroxylation is 1. The third kappa shape index (κ3) is 10.2. The summed E-state index contributed by atoms with van der Waals surface area (Å²) < 4.78 is 46.1. The predicted octanol–water partition coefficient (Wildman–Crippen LogP) is 5.76. The lowest BCUT2D eigenvalue weighted by atomic mass is 10.0. The average molecular weight is 711 g/mol. The largest absolute Gasteiger partial charge is 0.497 e. The van der Waals surface area contributed by atoms with Crippen molar-refractivity contribution in [2.45, 2.75) is 70.1 Å². The van der Waals surface area contributed by atoms with E-state index >= 15 is 0 Å². The molecule has 0 saturated carbocycles. The summed E-state index contributed by atoms with van der Waals surface area (Å²) in [4.78, 5) is 29.0. The molecule has 1 aliphatic heterocycles. The molecule has 3 aromatic carbocycles. The number of hydrogen-bond donors (Lipinski definition) is 3. The highest BCUT2D eigenvalue weighted by atomic mass is 32.2. The van der Waals surface area contributed by atoms with E-state index in [-0.39, 0.29) is 42.2 Å². The van der Waals surface area contributed by atoms with Gasteiger partial charge in [-0.3, -0.25) is 4.79 Å². The number of benzene rings is 3. The van der Waals surface area contributed by atoms with Crippen molar-refractivity contribution in [2.24, 2.45) is 5.92 Å². The van der Waals surface area contributed by atoms with Crippen LogP contribution in [0.4, 0.5) is 16.2 Å². The molecule has 1 aliphatic rings. The number of nitrogens with zero attached hydrogens (tertiary/aromatic N) is 2. The smallest absolute Gasteiger partial charge is 0.323 e. The highest BCUT2D eigenvalue weighted by Crippen LogP contribution is 2.29. The second-order valence-electron chi connectivity index (χ2n) is 12.9. The van der Waals surface area contributed by atoms with Gasteiger partial charge < -0.3 is 34.9 Å². The van der Waals surface area contributed by atoms with Gasteiger partial charge in [0, 0.05) is 44.0 Å². The lowest BCUT2D eigenvalue weighted by Crippen LogP contribution is -2.48. The first-order chi connectivity index (χ1) is 23.8. The van der Waals surface area contributed by atoms with Crippen molar-refractivity contribution in [3.8, 4) is 11.5 Å². The van der Waals surface area contributed by atoms with Gasteiger partial charge in [-0.1, -0.05) is 24.6 Å². The van der Waals surface area contributed by atoms with Gasteiger partial charge in [-0.25, -0.2) is 13.2 Å². The van der Waals surface area contributed by atoms with E-state index in [1.807, 2.05) is 20.8 Å². The van der Waals surface area contributed by atoms with E-state index in [1.54, 1.807) is 85.7 Å². The Hall–Kier alpha value is -4.17. The molecule has 0 spiro atoms. The van der Waals surface area contributed by atoms with Gasteiger partial charge >= 0.3 is 6.03 Å². The van der Waals surface area contributed by atoms with E-state index in [1.165, 1.54) is 11.4 Å². The van der Waals surface area contributed by atoms with Crippen molar-refractivity contribution in [3.05, 3.63) is 77.9 Å². The molecule has 0 bridgehead atoms. The highest BCUT2D eigenvalue weighted by Gasteiger charge is 2.32. The van der Waals surface area contributed by atoms with Gasteiger partial charge in [0.25, 0.3) is 5.91 Å². The standard InChI is InChI=1S/C37H50N4O8S/c1-25-10-17-32(18-11-25)50(45,46)40(5)23-35-26(2)22-41(27(3)24-42)36(43)33-21-30(14-19-34(33)49-28(4)9-7-8-20-48-35)39-37(44)38-29-12-15-31(47-6)16-13-29/h10-19,21,26-28,35,42H,7-9,20,22-24H2,1-6H3,(H2,38,39,44)/t26-,27+,28-,35-/m1/s1. The number of hydrogen-bond acceptors (Lipinski definition) is 8. The Bertz CT molecular complexity index is 1680. The summed E-state index contributed by atoms with van der Waals surface area (Å²) in [5.74, 6) is 0.283. The maximum absolute atomic E-state index is 14.4. The number of aliphatic hydroxyl groups excluding tert-OH is 1. The van der Waals surface area contributed by atoms with Crippen LogP contribution in [0.15, 0.2) is 71.6 Å². The molecular formula is C37H50N4O8S. The fourth-order valence-electron chi connectivity index (χ4n) is 5.67. The summed E-state index contributed by atoms with van der Waals surface area (Å²) in [7, 11) is -0.706. The molecule has 3 N–H and O–H groups in total. The number of methoxy groups -OCH3 is 1. The Morgan fingerprint density at radius 1 is 1.04 bits per heavy atom. The molecule has 0 fully saturated rings. The number of likely N-dealkylation sites (N-methyl/N-ethyl adjacent to an activating group) is 1. The molecule has 3 amide bonds. The molecular weight excluding hydrogens is 660 g/mol. The number of ether oxygens (including phenoxy) is 3. The Morgan fingerprint density at radius 2 is 1.70 bits per heavy atom. The number of carbonyl (C=O) groups excluding carboxylic acids is 2. The van der Waals surface area contributed by atoms with Crippen LogP contribution in [-0.4, -0.2) is 93.4 Å². The summed E-state index contributed by atoms with van der Waals surface area (Å²) in [6.07, 6.45) is 1.44. The van der Waals surface area contributed by atoms with Gasteiger partial charge in [0.05, 0.1) is 42.4 Å². The highest BCUT2D eigenvalue weighted by molar-refractivity contribution is 7.89. The number of rotatable bonds is 9. The van der Waals surface area contributed by atoms with Crippen LogP contribution in [0, 0.1) is 12.8 Å².